The third-order valence-corrected chi connectivity index (χ3v) is 4.34. The third kappa shape index (κ3) is 4.15. The van der Waals surface area contributed by atoms with Gasteiger partial charge < -0.3 is 39.7 Å². The molecule has 0 aromatic rings. The highest BCUT2D eigenvalue weighted by Gasteiger charge is 2.50. The molecule has 1 saturated heterocycles. The Labute approximate surface area is 130 Å². The summed E-state index contributed by atoms with van der Waals surface area (Å²) in [7, 11) is 2.71. The van der Waals surface area contributed by atoms with Crippen LogP contribution in [0.15, 0.2) is 0 Å². The Morgan fingerprint density at radius 3 is 2.32 bits per heavy atom. The first-order valence-corrected chi connectivity index (χ1v) is 7.33. The van der Waals surface area contributed by atoms with E-state index in [0.29, 0.717) is 0 Å². The Hall–Kier alpha value is -0.320. The molecule has 8 atom stereocenters. The summed E-state index contributed by atoms with van der Waals surface area (Å²) in [4.78, 5) is 0. The third-order valence-electron chi connectivity index (χ3n) is 4.34. The Morgan fingerprint density at radius 1 is 1.27 bits per heavy atom. The van der Waals surface area contributed by atoms with Crippen molar-refractivity contribution < 1.29 is 39.7 Å². The van der Waals surface area contributed by atoms with Crippen LogP contribution in [-0.4, -0.2) is 88.3 Å². The molecule has 0 radical (unpaired) electrons. The zero-order valence-corrected chi connectivity index (χ0v) is 13.4. The van der Waals surface area contributed by atoms with E-state index in [1.165, 1.54) is 21.1 Å². The largest absolute Gasteiger partial charge is 0.391 e. The van der Waals surface area contributed by atoms with Crippen LogP contribution in [0.3, 0.4) is 0 Å². The summed E-state index contributed by atoms with van der Waals surface area (Å²) in [5, 5.41) is 50.2. The molecule has 1 fully saturated rings. The van der Waals surface area contributed by atoms with Gasteiger partial charge in [0.15, 0.2) is 6.29 Å². The molecule has 0 saturated carbocycles. The van der Waals surface area contributed by atoms with E-state index in [4.69, 9.17) is 14.2 Å². The number of ether oxygens (including phenoxy) is 3. The van der Waals surface area contributed by atoms with Gasteiger partial charge >= 0.3 is 0 Å². The fourth-order valence-electron chi connectivity index (χ4n) is 2.74. The highest BCUT2D eigenvalue weighted by molar-refractivity contribution is 4.99. The summed E-state index contributed by atoms with van der Waals surface area (Å²) in [6.07, 6.45) is -7.48. The summed E-state index contributed by atoms with van der Waals surface area (Å²) >= 11 is 0. The number of aliphatic hydroxyl groups excluding tert-OH is 4. The summed E-state index contributed by atoms with van der Waals surface area (Å²) in [5.74, 6) is 0. The number of aliphatic hydroxyl groups is 5. The SMILES string of the molecule is COC(CC(O)C1(O)CC(O)C(OC)OC1C)C(O)C(C)O. The van der Waals surface area contributed by atoms with Crippen molar-refractivity contribution in [2.75, 3.05) is 14.2 Å². The van der Waals surface area contributed by atoms with Crippen LogP contribution in [0, 0.1) is 0 Å². The number of rotatable bonds is 7. The van der Waals surface area contributed by atoms with Crippen molar-refractivity contribution in [3.05, 3.63) is 0 Å². The molecule has 1 aliphatic heterocycles. The van der Waals surface area contributed by atoms with Crippen molar-refractivity contribution in [2.45, 2.75) is 75.2 Å². The lowest BCUT2D eigenvalue weighted by molar-refractivity contribution is -0.299. The van der Waals surface area contributed by atoms with E-state index in [9.17, 15) is 25.5 Å². The summed E-state index contributed by atoms with van der Waals surface area (Å²) in [6, 6.07) is 0. The van der Waals surface area contributed by atoms with E-state index in [2.05, 4.69) is 0 Å². The second-order valence-electron chi connectivity index (χ2n) is 5.90. The Balaban J connectivity index is 2.79. The van der Waals surface area contributed by atoms with Gasteiger partial charge in [0, 0.05) is 27.1 Å². The maximum Gasteiger partial charge on any atom is 0.183 e. The molecule has 1 heterocycles. The lowest BCUT2D eigenvalue weighted by atomic mass is 9.80. The molecular formula is C14H28O8. The molecular weight excluding hydrogens is 296 g/mol. The second kappa shape index (κ2) is 7.98. The quantitative estimate of drug-likeness (QED) is 0.377. The van der Waals surface area contributed by atoms with Crippen molar-refractivity contribution in [3.63, 3.8) is 0 Å². The van der Waals surface area contributed by atoms with Crippen LogP contribution in [-0.2, 0) is 14.2 Å². The second-order valence-corrected chi connectivity index (χ2v) is 5.90. The zero-order valence-electron chi connectivity index (χ0n) is 13.4. The van der Waals surface area contributed by atoms with Crippen LogP contribution >= 0.6 is 0 Å². The van der Waals surface area contributed by atoms with Crippen molar-refractivity contribution in [3.8, 4) is 0 Å². The van der Waals surface area contributed by atoms with Crippen molar-refractivity contribution in [1.29, 1.82) is 0 Å². The minimum absolute atomic E-state index is 0.128. The molecule has 132 valence electrons. The molecule has 0 spiro atoms. The normalized spacial score (nSPS) is 38.3. The van der Waals surface area contributed by atoms with Gasteiger partial charge in [0.05, 0.1) is 24.4 Å². The maximum absolute atomic E-state index is 10.7. The summed E-state index contributed by atoms with van der Waals surface area (Å²) < 4.78 is 15.4. The molecule has 0 bridgehead atoms. The van der Waals surface area contributed by atoms with Crippen LogP contribution in [0.5, 0.6) is 0 Å². The predicted molar refractivity (Wildman–Crippen MR) is 76.0 cm³/mol. The van der Waals surface area contributed by atoms with E-state index in [1.807, 2.05) is 0 Å². The fraction of sp³-hybridized carbons (Fsp3) is 1.00. The zero-order chi connectivity index (χ0) is 17.1. The maximum atomic E-state index is 10.7. The average Bonchev–Trinajstić information content (AvgIpc) is 2.47. The lowest BCUT2D eigenvalue weighted by Crippen LogP contribution is -2.62. The molecule has 1 aliphatic rings. The van der Waals surface area contributed by atoms with E-state index in [1.54, 1.807) is 6.92 Å². The van der Waals surface area contributed by atoms with Crippen LogP contribution in [0.4, 0.5) is 0 Å². The molecule has 0 amide bonds. The van der Waals surface area contributed by atoms with Crippen molar-refractivity contribution in [1.82, 2.24) is 0 Å². The van der Waals surface area contributed by atoms with Gasteiger partial charge in [-0.3, -0.25) is 0 Å². The number of hydrogen-bond donors (Lipinski definition) is 5. The molecule has 8 unspecified atom stereocenters. The van der Waals surface area contributed by atoms with Crippen LogP contribution in [0.2, 0.25) is 0 Å². The fourth-order valence-corrected chi connectivity index (χ4v) is 2.74. The topological polar surface area (TPSA) is 129 Å². The lowest BCUT2D eigenvalue weighted by Gasteiger charge is -2.46. The van der Waals surface area contributed by atoms with Crippen molar-refractivity contribution in [2.24, 2.45) is 0 Å². The smallest absolute Gasteiger partial charge is 0.183 e. The molecule has 22 heavy (non-hydrogen) atoms. The monoisotopic (exact) mass is 324 g/mol. The first kappa shape index (κ1) is 19.7. The Bertz CT molecular complexity index is 339. The van der Waals surface area contributed by atoms with Gasteiger partial charge in [-0.2, -0.15) is 0 Å². The Kier molecular flexibility index (Phi) is 7.16. The van der Waals surface area contributed by atoms with Gasteiger partial charge in [-0.15, -0.1) is 0 Å². The highest BCUT2D eigenvalue weighted by Crippen LogP contribution is 2.34. The molecule has 8 nitrogen and oxygen atoms in total. The van der Waals surface area contributed by atoms with Crippen LogP contribution in [0.25, 0.3) is 0 Å². The van der Waals surface area contributed by atoms with Gasteiger partial charge in [0.1, 0.15) is 17.8 Å². The van der Waals surface area contributed by atoms with E-state index in [0.717, 1.165) is 0 Å². The van der Waals surface area contributed by atoms with Crippen LogP contribution in [0.1, 0.15) is 26.7 Å². The highest BCUT2D eigenvalue weighted by atomic mass is 16.7. The number of methoxy groups -OCH3 is 2. The number of hydrogen-bond acceptors (Lipinski definition) is 8. The van der Waals surface area contributed by atoms with Crippen LogP contribution < -0.4 is 0 Å². The molecule has 0 aliphatic carbocycles. The first-order chi connectivity index (χ1) is 10.2. The van der Waals surface area contributed by atoms with Gasteiger partial charge in [0.25, 0.3) is 0 Å². The molecule has 5 N–H and O–H groups in total. The van der Waals surface area contributed by atoms with E-state index in [-0.39, 0.29) is 12.8 Å². The average molecular weight is 324 g/mol. The predicted octanol–water partition coefficient (Wildman–Crippen LogP) is -1.63. The van der Waals surface area contributed by atoms with E-state index >= 15 is 0 Å². The summed E-state index contributed by atoms with van der Waals surface area (Å²) in [6.45, 7) is 2.96. The Morgan fingerprint density at radius 2 is 1.86 bits per heavy atom. The van der Waals surface area contributed by atoms with Gasteiger partial charge in [-0.05, 0) is 13.8 Å². The van der Waals surface area contributed by atoms with Crippen molar-refractivity contribution >= 4 is 0 Å². The minimum Gasteiger partial charge on any atom is -0.391 e. The minimum atomic E-state index is -1.72. The molecule has 0 aromatic carbocycles. The molecule has 1 rings (SSSR count). The van der Waals surface area contributed by atoms with Gasteiger partial charge in [-0.25, -0.2) is 0 Å². The van der Waals surface area contributed by atoms with Gasteiger partial charge in [-0.1, -0.05) is 0 Å². The van der Waals surface area contributed by atoms with Gasteiger partial charge in [0.2, 0.25) is 0 Å². The summed E-state index contributed by atoms with van der Waals surface area (Å²) in [5.41, 5.74) is -1.72. The van der Waals surface area contributed by atoms with E-state index < -0.39 is 48.5 Å². The molecule has 0 aromatic heterocycles. The molecule has 8 heteroatoms. The first-order valence-electron chi connectivity index (χ1n) is 7.33. The standard InChI is InChI=1S/C14H28O8/c1-7(15)12(18)10(20-3)5-11(17)14(19)6-9(16)13(21-4)22-8(14)2/h7-13,15-19H,5-6H2,1-4H3.